The maximum atomic E-state index is 11.2. The molecular formula is C9H7ClO2S2. The summed E-state index contributed by atoms with van der Waals surface area (Å²) in [6, 6.07) is 5.66. The van der Waals surface area contributed by atoms with Gasteiger partial charge in [0.25, 0.3) is 9.05 Å². The van der Waals surface area contributed by atoms with Crippen LogP contribution in [0.25, 0.3) is 10.1 Å². The van der Waals surface area contributed by atoms with E-state index in [0.29, 0.717) is 0 Å². The highest BCUT2D eigenvalue weighted by atomic mass is 35.7. The van der Waals surface area contributed by atoms with E-state index in [1.54, 1.807) is 5.38 Å². The van der Waals surface area contributed by atoms with E-state index in [0.717, 1.165) is 15.6 Å². The molecule has 5 heteroatoms. The predicted molar refractivity (Wildman–Crippen MR) is 59.6 cm³/mol. The van der Waals surface area contributed by atoms with Gasteiger partial charge in [-0.1, -0.05) is 12.1 Å². The van der Waals surface area contributed by atoms with Gasteiger partial charge in [-0.15, -0.1) is 11.3 Å². The molecule has 0 bridgehead atoms. The average Bonchev–Trinajstić information content (AvgIpc) is 2.47. The quantitative estimate of drug-likeness (QED) is 0.725. The van der Waals surface area contributed by atoms with Crippen LogP contribution in [0.2, 0.25) is 0 Å². The molecule has 0 spiro atoms. The largest absolute Gasteiger partial charge is 0.262 e. The molecule has 0 aliphatic rings. The van der Waals surface area contributed by atoms with Crippen LogP contribution < -0.4 is 0 Å². The van der Waals surface area contributed by atoms with E-state index in [9.17, 15) is 8.42 Å². The molecule has 2 nitrogen and oxygen atoms in total. The third-order valence-corrected chi connectivity index (χ3v) is 4.48. The summed E-state index contributed by atoms with van der Waals surface area (Å²) >= 11 is 1.39. The van der Waals surface area contributed by atoms with E-state index in [2.05, 4.69) is 0 Å². The highest BCUT2D eigenvalue weighted by molar-refractivity contribution is 8.14. The molecule has 74 valence electrons. The average molecular weight is 247 g/mol. The maximum absolute atomic E-state index is 11.2. The van der Waals surface area contributed by atoms with Gasteiger partial charge in [0.1, 0.15) is 4.90 Å². The molecule has 0 amide bonds. The first-order chi connectivity index (χ1) is 6.50. The van der Waals surface area contributed by atoms with Gasteiger partial charge in [-0.05, 0) is 18.6 Å². The van der Waals surface area contributed by atoms with E-state index in [-0.39, 0.29) is 4.90 Å². The zero-order valence-electron chi connectivity index (χ0n) is 7.32. The minimum Gasteiger partial charge on any atom is -0.207 e. The summed E-state index contributed by atoms with van der Waals surface area (Å²) in [5.74, 6) is 0. The van der Waals surface area contributed by atoms with Crippen molar-refractivity contribution in [2.75, 3.05) is 0 Å². The van der Waals surface area contributed by atoms with Crippen LogP contribution >= 0.6 is 22.0 Å². The Morgan fingerprint density at radius 1 is 1.36 bits per heavy atom. The first-order valence-corrected chi connectivity index (χ1v) is 7.10. The number of thiophene rings is 1. The Labute approximate surface area is 90.6 Å². The summed E-state index contributed by atoms with van der Waals surface area (Å²) in [5, 5.41) is 2.33. The fourth-order valence-electron chi connectivity index (χ4n) is 1.41. The monoisotopic (exact) mass is 246 g/mol. The summed E-state index contributed by atoms with van der Waals surface area (Å²) in [7, 11) is 1.70. The van der Waals surface area contributed by atoms with Gasteiger partial charge in [0.15, 0.2) is 0 Å². The fraction of sp³-hybridized carbons (Fsp3) is 0.111. The number of fused-ring (bicyclic) bond motifs is 1. The second kappa shape index (κ2) is 3.22. The topological polar surface area (TPSA) is 34.1 Å². The van der Waals surface area contributed by atoms with Gasteiger partial charge in [0, 0.05) is 26.1 Å². The minimum absolute atomic E-state index is 0.220. The zero-order chi connectivity index (χ0) is 10.3. The van der Waals surface area contributed by atoms with Crippen molar-refractivity contribution in [1.82, 2.24) is 0 Å². The van der Waals surface area contributed by atoms with Gasteiger partial charge < -0.3 is 0 Å². The third-order valence-electron chi connectivity index (χ3n) is 2.04. The normalized spacial score (nSPS) is 12.1. The lowest BCUT2D eigenvalue weighted by Gasteiger charge is -1.97. The number of aryl methyl sites for hydroxylation is 1. The van der Waals surface area contributed by atoms with E-state index in [4.69, 9.17) is 10.7 Å². The van der Waals surface area contributed by atoms with Crippen LogP contribution in [0.15, 0.2) is 28.5 Å². The molecule has 0 unspecified atom stereocenters. The molecule has 0 saturated heterocycles. The predicted octanol–water partition coefficient (Wildman–Crippen LogP) is 3.14. The Morgan fingerprint density at radius 2 is 2.07 bits per heavy atom. The van der Waals surface area contributed by atoms with Crippen molar-refractivity contribution in [3.8, 4) is 0 Å². The summed E-state index contributed by atoms with van der Waals surface area (Å²) in [5.41, 5.74) is 0.933. The van der Waals surface area contributed by atoms with E-state index in [1.165, 1.54) is 11.3 Å². The van der Waals surface area contributed by atoms with Gasteiger partial charge in [0.2, 0.25) is 0 Å². The van der Waals surface area contributed by atoms with Crippen LogP contribution in [0.5, 0.6) is 0 Å². The lowest BCUT2D eigenvalue weighted by atomic mass is 10.2. The molecule has 14 heavy (non-hydrogen) atoms. The van der Waals surface area contributed by atoms with Gasteiger partial charge in [-0.25, -0.2) is 8.42 Å². The number of rotatable bonds is 1. The first-order valence-electron chi connectivity index (χ1n) is 3.91. The van der Waals surface area contributed by atoms with Crippen LogP contribution in [0.3, 0.4) is 0 Å². The van der Waals surface area contributed by atoms with Crippen molar-refractivity contribution in [3.05, 3.63) is 29.1 Å². The molecule has 2 rings (SSSR count). The molecule has 0 aliphatic carbocycles. The second-order valence-corrected chi connectivity index (χ2v) is 6.43. The lowest BCUT2D eigenvalue weighted by molar-refractivity contribution is 0.610. The Bertz CT molecular complexity index is 584. The first kappa shape index (κ1) is 9.96. The number of benzene rings is 1. The number of hydrogen-bond donors (Lipinski definition) is 0. The van der Waals surface area contributed by atoms with Crippen LogP contribution in [0.1, 0.15) is 5.56 Å². The Morgan fingerprint density at radius 3 is 2.71 bits per heavy atom. The van der Waals surface area contributed by atoms with Crippen molar-refractivity contribution in [2.24, 2.45) is 0 Å². The van der Waals surface area contributed by atoms with Crippen LogP contribution in [-0.4, -0.2) is 8.42 Å². The standard InChI is InChI=1S/C9H7ClO2S2/c1-6-3-2-4-7-9(6)8(5-13-7)14(10,11)12/h2-5H,1H3. The summed E-state index contributed by atoms with van der Waals surface area (Å²) in [6.45, 7) is 1.88. The van der Waals surface area contributed by atoms with Crippen molar-refractivity contribution < 1.29 is 8.42 Å². The van der Waals surface area contributed by atoms with E-state index >= 15 is 0 Å². The molecule has 0 radical (unpaired) electrons. The molecule has 1 aromatic carbocycles. The molecule has 0 aliphatic heterocycles. The SMILES string of the molecule is Cc1cccc2scc(S(=O)(=O)Cl)c12. The van der Waals surface area contributed by atoms with Crippen molar-refractivity contribution in [1.29, 1.82) is 0 Å². The molecular weight excluding hydrogens is 240 g/mol. The van der Waals surface area contributed by atoms with Crippen molar-refractivity contribution >= 4 is 41.2 Å². The molecule has 2 aromatic rings. The molecule has 0 fully saturated rings. The molecule has 0 saturated carbocycles. The van der Waals surface area contributed by atoms with Gasteiger partial charge in [-0.3, -0.25) is 0 Å². The fourth-order valence-corrected chi connectivity index (χ4v) is 4.05. The third kappa shape index (κ3) is 1.54. The lowest BCUT2D eigenvalue weighted by Crippen LogP contribution is -1.89. The van der Waals surface area contributed by atoms with Crippen LogP contribution in [-0.2, 0) is 9.05 Å². The molecule has 1 aromatic heterocycles. The van der Waals surface area contributed by atoms with Gasteiger partial charge in [0.05, 0.1) is 0 Å². The summed E-state index contributed by atoms with van der Waals surface area (Å²) < 4.78 is 23.4. The number of hydrogen-bond acceptors (Lipinski definition) is 3. The highest BCUT2D eigenvalue weighted by Crippen LogP contribution is 2.33. The number of halogens is 1. The Kier molecular flexibility index (Phi) is 2.29. The van der Waals surface area contributed by atoms with Gasteiger partial charge in [-0.2, -0.15) is 0 Å². The van der Waals surface area contributed by atoms with E-state index in [1.807, 2.05) is 25.1 Å². The highest BCUT2D eigenvalue weighted by Gasteiger charge is 2.17. The Hall–Kier alpha value is -0.580. The molecule has 0 N–H and O–H groups in total. The molecule has 1 heterocycles. The zero-order valence-corrected chi connectivity index (χ0v) is 9.71. The maximum Gasteiger partial charge on any atom is 0.262 e. The summed E-state index contributed by atoms with van der Waals surface area (Å²) in [4.78, 5) is 0.220. The van der Waals surface area contributed by atoms with Crippen molar-refractivity contribution in [3.63, 3.8) is 0 Å². The smallest absolute Gasteiger partial charge is 0.207 e. The van der Waals surface area contributed by atoms with Gasteiger partial charge >= 0.3 is 0 Å². The second-order valence-electron chi connectivity index (χ2n) is 2.99. The van der Waals surface area contributed by atoms with Crippen LogP contribution in [0.4, 0.5) is 0 Å². The van der Waals surface area contributed by atoms with Crippen molar-refractivity contribution in [2.45, 2.75) is 11.8 Å². The Balaban J connectivity index is 2.94. The van der Waals surface area contributed by atoms with Crippen LogP contribution in [0, 0.1) is 6.92 Å². The van der Waals surface area contributed by atoms with E-state index < -0.39 is 9.05 Å². The molecule has 0 atom stereocenters. The minimum atomic E-state index is -3.63. The summed E-state index contributed by atoms with van der Waals surface area (Å²) in [6.07, 6.45) is 0.